The zero-order valence-electron chi connectivity index (χ0n) is 15.0. The summed E-state index contributed by atoms with van der Waals surface area (Å²) in [6, 6.07) is 16.9. The summed E-state index contributed by atoms with van der Waals surface area (Å²) in [5.74, 6) is -0.219. The van der Waals surface area contributed by atoms with E-state index in [9.17, 15) is 4.39 Å². The van der Waals surface area contributed by atoms with Crippen LogP contribution in [0.5, 0.6) is 0 Å². The van der Waals surface area contributed by atoms with Crippen molar-refractivity contribution in [2.75, 3.05) is 0 Å². The van der Waals surface area contributed by atoms with Gasteiger partial charge in [0.2, 0.25) is 0 Å². The van der Waals surface area contributed by atoms with E-state index in [4.69, 9.17) is 9.97 Å². The fourth-order valence-electron chi connectivity index (χ4n) is 2.74. The first-order valence-electron chi connectivity index (χ1n) is 8.59. The number of aryl methyl sites for hydroxylation is 2. The number of hydrogen-bond acceptors (Lipinski definition) is 4. The molecule has 0 radical (unpaired) electrons. The van der Waals surface area contributed by atoms with Crippen molar-refractivity contribution >= 4 is 35.9 Å². The second-order valence-electron chi connectivity index (χ2n) is 6.18. The molecule has 0 fully saturated rings. The summed E-state index contributed by atoms with van der Waals surface area (Å²) in [7, 11) is 0.652. The SMILES string of the molecule is Cc1nc(-c2ccccc2)sc1PCc1nc(-c2ccc(F)cc2)sc1C. The molecule has 2 aromatic carbocycles. The monoisotopic (exact) mass is 412 g/mol. The third-order valence-electron chi connectivity index (χ3n) is 4.22. The highest BCUT2D eigenvalue weighted by atomic mass is 32.1. The molecule has 27 heavy (non-hydrogen) atoms. The second-order valence-corrected chi connectivity index (χ2v) is 9.95. The van der Waals surface area contributed by atoms with Crippen LogP contribution in [0.4, 0.5) is 4.39 Å². The minimum Gasteiger partial charge on any atom is -0.241 e. The van der Waals surface area contributed by atoms with E-state index in [1.54, 1.807) is 34.8 Å². The summed E-state index contributed by atoms with van der Waals surface area (Å²) in [6.07, 6.45) is 0.917. The summed E-state index contributed by atoms with van der Waals surface area (Å²) in [5, 5.41) is 2.04. The van der Waals surface area contributed by atoms with Gasteiger partial charge in [0, 0.05) is 26.8 Å². The Morgan fingerprint density at radius 2 is 1.52 bits per heavy atom. The maximum Gasteiger partial charge on any atom is 0.124 e. The van der Waals surface area contributed by atoms with Gasteiger partial charge in [-0.3, -0.25) is 0 Å². The summed E-state index contributed by atoms with van der Waals surface area (Å²) >= 11 is 3.45. The Balaban J connectivity index is 1.51. The predicted octanol–water partition coefficient (Wildman–Crippen LogP) is 6.19. The van der Waals surface area contributed by atoms with E-state index < -0.39 is 0 Å². The molecule has 0 spiro atoms. The zero-order valence-corrected chi connectivity index (χ0v) is 17.6. The Hall–Kier alpha value is -1.94. The summed E-state index contributed by atoms with van der Waals surface area (Å²) in [6.45, 7) is 4.20. The molecule has 0 N–H and O–H groups in total. The fraction of sp³-hybridized carbons (Fsp3) is 0.143. The van der Waals surface area contributed by atoms with Crippen LogP contribution in [0.25, 0.3) is 21.1 Å². The van der Waals surface area contributed by atoms with Crippen LogP contribution in [0.1, 0.15) is 16.3 Å². The van der Waals surface area contributed by atoms with Gasteiger partial charge in [-0.15, -0.1) is 22.7 Å². The molecule has 0 aliphatic carbocycles. The van der Waals surface area contributed by atoms with Crippen LogP contribution in [0.15, 0.2) is 54.6 Å². The summed E-state index contributed by atoms with van der Waals surface area (Å²) in [5.41, 5.74) is 4.39. The van der Waals surface area contributed by atoms with E-state index in [0.717, 1.165) is 33.1 Å². The molecule has 0 amide bonds. The van der Waals surface area contributed by atoms with Crippen molar-refractivity contribution in [2.24, 2.45) is 0 Å². The van der Waals surface area contributed by atoms with E-state index in [2.05, 4.69) is 26.0 Å². The van der Waals surface area contributed by atoms with Gasteiger partial charge in [-0.05, 0) is 38.1 Å². The first-order valence-corrected chi connectivity index (χ1v) is 11.4. The number of halogens is 1. The number of aromatic nitrogens is 2. The van der Waals surface area contributed by atoms with Gasteiger partial charge in [0.25, 0.3) is 0 Å². The Labute approximate surface area is 167 Å². The van der Waals surface area contributed by atoms with Gasteiger partial charge in [-0.2, -0.15) is 0 Å². The van der Waals surface area contributed by atoms with E-state index in [1.165, 1.54) is 27.2 Å². The molecule has 0 bridgehead atoms. The topological polar surface area (TPSA) is 25.8 Å². The maximum absolute atomic E-state index is 13.1. The Morgan fingerprint density at radius 1 is 0.852 bits per heavy atom. The number of thiazole rings is 2. The molecule has 0 saturated carbocycles. The van der Waals surface area contributed by atoms with Crippen molar-refractivity contribution in [1.29, 1.82) is 0 Å². The number of benzene rings is 2. The molecule has 6 heteroatoms. The smallest absolute Gasteiger partial charge is 0.124 e. The molecule has 136 valence electrons. The van der Waals surface area contributed by atoms with Crippen molar-refractivity contribution in [1.82, 2.24) is 9.97 Å². The normalized spacial score (nSPS) is 11.5. The summed E-state index contributed by atoms with van der Waals surface area (Å²) < 4.78 is 14.5. The number of hydrogen-bond donors (Lipinski definition) is 0. The Morgan fingerprint density at radius 3 is 2.26 bits per heavy atom. The van der Waals surface area contributed by atoms with Crippen LogP contribution in [-0.2, 0) is 6.16 Å². The minimum atomic E-state index is -0.219. The van der Waals surface area contributed by atoms with Crippen LogP contribution in [0, 0.1) is 19.7 Å². The fourth-order valence-corrected chi connectivity index (χ4v) is 6.40. The summed E-state index contributed by atoms with van der Waals surface area (Å²) in [4.78, 5) is 10.8. The van der Waals surface area contributed by atoms with Gasteiger partial charge in [0.1, 0.15) is 15.8 Å². The molecule has 4 aromatic rings. The quantitative estimate of drug-likeness (QED) is 0.365. The predicted molar refractivity (Wildman–Crippen MR) is 116 cm³/mol. The first-order chi connectivity index (χ1) is 13.1. The van der Waals surface area contributed by atoms with Crippen molar-refractivity contribution in [3.63, 3.8) is 0 Å². The Kier molecular flexibility index (Phi) is 5.44. The highest BCUT2D eigenvalue weighted by Crippen LogP contribution is 2.33. The number of nitrogens with zero attached hydrogens (tertiary/aromatic N) is 2. The van der Waals surface area contributed by atoms with Gasteiger partial charge in [0.15, 0.2) is 0 Å². The lowest BCUT2D eigenvalue weighted by atomic mass is 10.2. The lowest BCUT2D eigenvalue weighted by Gasteiger charge is -1.98. The van der Waals surface area contributed by atoms with E-state index in [1.807, 2.05) is 18.2 Å². The van der Waals surface area contributed by atoms with Crippen LogP contribution < -0.4 is 4.62 Å². The highest BCUT2D eigenvalue weighted by Gasteiger charge is 2.13. The first kappa shape index (κ1) is 18.4. The zero-order chi connectivity index (χ0) is 18.8. The minimum absolute atomic E-state index is 0.219. The van der Waals surface area contributed by atoms with Gasteiger partial charge in [-0.25, -0.2) is 14.4 Å². The maximum atomic E-state index is 13.1. The molecular weight excluding hydrogens is 394 g/mol. The molecule has 0 aliphatic heterocycles. The second kappa shape index (κ2) is 7.97. The number of rotatable bonds is 5. The van der Waals surface area contributed by atoms with Gasteiger partial charge in [-0.1, -0.05) is 38.9 Å². The molecule has 2 aromatic heterocycles. The van der Waals surface area contributed by atoms with Crippen LogP contribution >= 0.6 is 31.3 Å². The standard InChI is InChI=1S/C21H18FN2PS2/c1-13-21(27-19(23-13)15-6-4-3-5-7-15)25-12-18-14(2)26-20(24-18)16-8-10-17(22)11-9-16/h3-11,25H,12H2,1-2H3. The van der Waals surface area contributed by atoms with Crippen LogP contribution in [0.2, 0.25) is 0 Å². The van der Waals surface area contributed by atoms with Gasteiger partial charge in [0.05, 0.1) is 11.4 Å². The molecular formula is C21H18FN2PS2. The third-order valence-corrected chi connectivity index (χ3v) is 8.23. The average molecular weight is 412 g/mol. The van der Waals surface area contributed by atoms with Crippen LogP contribution in [0.3, 0.4) is 0 Å². The molecule has 1 unspecified atom stereocenters. The van der Waals surface area contributed by atoms with Gasteiger partial charge < -0.3 is 0 Å². The largest absolute Gasteiger partial charge is 0.241 e. The highest BCUT2D eigenvalue weighted by molar-refractivity contribution is 7.56. The van der Waals surface area contributed by atoms with Crippen LogP contribution in [-0.4, -0.2) is 9.97 Å². The lowest BCUT2D eigenvalue weighted by molar-refractivity contribution is 0.628. The van der Waals surface area contributed by atoms with Crippen molar-refractivity contribution in [3.05, 3.63) is 76.7 Å². The van der Waals surface area contributed by atoms with Gasteiger partial charge >= 0.3 is 0 Å². The van der Waals surface area contributed by atoms with Crippen molar-refractivity contribution < 1.29 is 4.39 Å². The molecule has 0 saturated heterocycles. The van der Waals surface area contributed by atoms with E-state index in [0.29, 0.717) is 8.58 Å². The average Bonchev–Trinajstić information content (AvgIpc) is 3.24. The Bertz CT molecular complexity index is 1060. The lowest BCUT2D eigenvalue weighted by Crippen LogP contribution is -1.94. The molecule has 2 nitrogen and oxygen atoms in total. The molecule has 0 aliphatic rings. The van der Waals surface area contributed by atoms with E-state index in [-0.39, 0.29) is 5.82 Å². The third kappa shape index (κ3) is 4.16. The molecule has 1 atom stereocenters. The van der Waals surface area contributed by atoms with Crippen molar-refractivity contribution in [3.8, 4) is 21.1 Å². The molecule has 2 heterocycles. The molecule has 4 rings (SSSR count). The van der Waals surface area contributed by atoms with Crippen molar-refractivity contribution in [2.45, 2.75) is 20.0 Å². The van der Waals surface area contributed by atoms with E-state index >= 15 is 0 Å².